The van der Waals surface area contributed by atoms with Gasteiger partial charge in [-0.25, -0.2) is 0 Å². The van der Waals surface area contributed by atoms with E-state index in [1.54, 1.807) is 12.1 Å². The maximum Gasteiger partial charge on any atom is 0.277 e. The van der Waals surface area contributed by atoms with Crippen LogP contribution in [-0.2, 0) is 0 Å². The standard InChI is InChI=1S/C18H15ClN2O2S/c1-11-6-7-15(12(2)8-11)16(22)10-24-18-21-20-17(23-18)13-4-3-5-14(19)9-13/h3-9H,10H2,1-2H3. The number of carbonyl (C=O) groups is 1. The SMILES string of the molecule is Cc1ccc(C(=O)CSc2nnc(-c3cccc(Cl)c3)o2)c(C)c1. The maximum absolute atomic E-state index is 12.3. The smallest absolute Gasteiger partial charge is 0.277 e. The largest absolute Gasteiger partial charge is 0.411 e. The molecule has 0 amide bonds. The Morgan fingerprint density at radius 2 is 2.00 bits per heavy atom. The summed E-state index contributed by atoms with van der Waals surface area (Å²) in [5.41, 5.74) is 3.59. The van der Waals surface area contributed by atoms with Gasteiger partial charge in [-0.05, 0) is 37.6 Å². The van der Waals surface area contributed by atoms with Crippen LogP contribution in [-0.4, -0.2) is 21.7 Å². The third-order valence-corrected chi connectivity index (χ3v) is 4.54. The molecule has 4 nitrogen and oxygen atoms in total. The van der Waals surface area contributed by atoms with E-state index in [4.69, 9.17) is 16.0 Å². The van der Waals surface area contributed by atoms with Gasteiger partial charge in [-0.15, -0.1) is 10.2 Å². The monoisotopic (exact) mass is 358 g/mol. The maximum atomic E-state index is 12.3. The minimum atomic E-state index is 0.0417. The number of Topliss-reactive ketones (excluding diaryl/α,β-unsaturated/α-hetero) is 1. The Bertz CT molecular complexity index is 892. The van der Waals surface area contributed by atoms with Gasteiger partial charge in [-0.3, -0.25) is 4.79 Å². The van der Waals surface area contributed by atoms with Crippen molar-refractivity contribution in [3.05, 3.63) is 64.2 Å². The quantitative estimate of drug-likeness (QED) is 0.475. The second kappa shape index (κ2) is 7.20. The highest BCUT2D eigenvalue weighted by Gasteiger charge is 2.14. The van der Waals surface area contributed by atoms with Gasteiger partial charge in [0.1, 0.15) is 0 Å². The Labute approximate surface area is 149 Å². The van der Waals surface area contributed by atoms with E-state index in [9.17, 15) is 4.79 Å². The molecule has 0 aliphatic rings. The molecular weight excluding hydrogens is 344 g/mol. The number of hydrogen-bond acceptors (Lipinski definition) is 5. The van der Waals surface area contributed by atoms with Crippen molar-refractivity contribution in [2.24, 2.45) is 0 Å². The van der Waals surface area contributed by atoms with Gasteiger partial charge in [0.15, 0.2) is 5.78 Å². The molecule has 2 aromatic carbocycles. The Hall–Kier alpha value is -2.11. The average molecular weight is 359 g/mol. The van der Waals surface area contributed by atoms with E-state index in [0.717, 1.165) is 22.3 Å². The van der Waals surface area contributed by atoms with Gasteiger partial charge < -0.3 is 4.42 Å². The molecule has 0 aliphatic carbocycles. The fraction of sp³-hybridized carbons (Fsp3) is 0.167. The molecule has 0 saturated heterocycles. The van der Waals surface area contributed by atoms with Crippen molar-refractivity contribution >= 4 is 29.1 Å². The first-order valence-electron chi connectivity index (χ1n) is 7.35. The minimum Gasteiger partial charge on any atom is -0.411 e. The summed E-state index contributed by atoms with van der Waals surface area (Å²) in [4.78, 5) is 12.3. The zero-order chi connectivity index (χ0) is 17.1. The lowest BCUT2D eigenvalue weighted by Gasteiger charge is -2.04. The summed E-state index contributed by atoms with van der Waals surface area (Å²) < 4.78 is 5.59. The molecule has 1 aromatic heterocycles. The zero-order valence-electron chi connectivity index (χ0n) is 13.2. The van der Waals surface area contributed by atoms with Crippen LogP contribution >= 0.6 is 23.4 Å². The number of ketones is 1. The molecule has 1 heterocycles. The van der Waals surface area contributed by atoms with E-state index < -0.39 is 0 Å². The number of thioether (sulfide) groups is 1. The summed E-state index contributed by atoms with van der Waals surface area (Å²) in [7, 11) is 0. The molecule has 0 fully saturated rings. The number of hydrogen-bond donors (Lipinski definition) is 0. The molecule has 0 radical (unpaired) electrons. The van der Waals surface area contributed by atoms with Crippen LogP contribution in [0.1, 0.15) is 21.5 Å². The predicted octanol–water partition coefficient (Wildman–Crippen LogP) is 4.98. The van der Waals surface area contributed by atoms with Crippen LogP contribution < -0.4 is 0 Å². The number of benzene rings is 2. The average Bonchev–Trinajstić information content (AvgIpc) is 3.01. The van der Waals surface area contributed by atoms with Crippen LogP contribution in [0.2, 0.25) is 5.02 Å². The lowest BCUT2D eigenvalue weighted by molar-refractivity contribution is 0.102. The highest BCUT2D eigenvalue weighted by Crippen LogP contribution is 2.25. The Morgan fingerprint density at radius 3 is 2.75 bits per heavy atom. The zero-order valence-corrected chi connectivity index (χ0v) is 14.8. The summed E-state index contributed by atoms with van der Waals surface area (Å²) in [6.45, 7) is 3.95. The number of nitrogens with zero attached hydrogens (tertiary/aromatic N) is 2. The highest BCUT2D eigenvalue weighted by molar-refractivity contribution is 7.99. The van der Waals surface area contributed by atoms with Gasteiger partial charge in [0.25, 0.3) is 5.22 Å². The first-order valence-corrected chi connectivity index (χ1v) is 8.72. The molecule has 122 valence electrons. The number of carbonyl (C=O) groups excluding carboxylic acids is 1. The van der Waals surface area contributed by atoms with Crippen molar-refractivity contribution < 1.29 is 9.21 Å². The summed E-state index contributed by atoms with van der Waals surface area (Å²) in [6.07, 6.45) is 0. The molecule has 0 aliphatic heterocycles. The number of aryl methyl sites for hydroxylation is 2. The van der Waals surface area contributed by atoms with Crippen molar-refractivity contribution in [3.63, 3.8) is 0 Å². The van der Waals surface area contributed by atoms with E-state index >= 15 is 0 Å². The number of halogens is 1. The van der Waals surface area contributed by atoms with Crippen LogP contribution in [0.4, 0.5) is 0 Å². The molecule has 0 N–H and O–H groups in total. The molecule has 0 spiro atoms. The van der Waals surface area contributed by atoms with E-state index in [-0.39, 0.29) is 11.5 Å². The molecular formula is C18H15ClN2O2S. The van der Waals surface area contributed by atoms with Crippen LogP contribution in [0, 0.1) is 13.8 Å². The summed E-state index contributed by atoms with van der Waals surface area (Å²) in [5, 5.41) is 8.94. The third-order valence-electron chi connectivity index (χ3n) is 3.49. The second-order valence-corrected chi connectivity index (χ2v) is 6.78. The third kappa shape index (κ3) is 3.86. The first-order chi connectivity index (χ1) is 11.5. The summed E-state index contributed by atoms with van der Waals surface area (Å²) >= 11 is 7.19. The van der Waals surface area contributed by atoms with Crippen LogP contribution in [0.3, 0.4) is 0 Å². The Balaban J connectivity index is 1.68. The lowest BCUT2D eigenvalue weighted by Crippen LogP contribution is -2.04. The minimum absolute atomic E-state index is 0.0417. The Kier molecular flexibility index (Phi) is 5.02. The van der Waals surface area contributed by atoms with Crippen molar-refractivity contribution in [2.45, 2.75) is 19.1 Å². The van der Waals surface area contributed by atoms with Crippen molar-refractivity contribution in [1.82, 2.24) is 10.2 Å². The summed E-state index contributed by atoms with van der Waals surface area (Å²) in [5.74, 6) is 0.681. The molecule has 3 aromatic rings. The van der Waals surface area contributed by atoms with Gasteiger partial charge >= 0.3 is 0 Å². The molecule has 0 unspecified atom stereocenters. The first kappa shape index (κ1) is 16.7. The fourth-order valence-corrected chi connectivity index (χ4v) is 3.17. The normalized spacial score (nSPS) is 10.8. The highest BCUT2D eigenvalue weighted by atomic mass is 35.5. The van der Waals surface area contributed by atoms with Gasteiger partial charge in [-0.1, -0.05) is 53.2 Å². The van der Waals surface area contributed by atoms with Crippen LogP contribution in [0.25, 0.3) is 11.5 Å². The van der Waals surface area contributed by atoms with E-state index in [1.165, 1.54) is 11.8 Å². The molecule has 0 bridgehead atoms. The molecule has 0 saturated carbocycles. The molecule has 24 heavy (non-hydrogen) atoms. The van der Waals surface area contributed by atoms with Crippen molar-refractivity contribution in [2.75, 3.05) is 5.75 Å². The molecule has 0 atom stereocenters. The fourth-order valence-electron chi connectivity index (χ4n) is 2.34. The van der Waals surface area contributed by atoms with Crippen molar-refractivity contribution in [3.8, 4) is 11.5 Å². The van der Waals surface area contributed by atoms with E-state index in [2.05, 4.69) is 10.2 Å². The predicted molar refractivity (Wildman–Crippen MR) is 95.7 cm³/mol. The molecule has 3 rings (SSSR count). The second-order valence-electron chi connectivity index (χ2n) is 5.41. The van der Waals surface area contributed by atoms with Gasteiger partial charge in [-0.2, -0.15) is 0 Å². The van der Waals surface area contributed by atoms with Gasteiger partial charge in [0, 0.05) is 16.1 Å². The summed E-state index contributed by atoms with van der Waals surface area (Å²) in [6, 6.07) is 13.0. The van der Waals surface area contributed by atoms with Crippen molar-refractivity contribution in [1.29, 1.82) is 0 Å². The molecule has 6 heteroatoms. The topological polar surface area (TPSA) is 56.0 Å². The van der Waals surface area contributed by atoms with Gasteiger partial charge in [0.2, 0.25) is 5.89 Å². The van der Waals surface area contributed by atoms with Crippen LogP contribution in [0.15, 0.2) is 52.1 Å². The van der Waals surface area contributed by atoms with E-state index in [0.29, 0.717) is 16.1 Å². The Morgan fingerprint density at radius 1 is 1.17 bits per heavy atom. The lowest BCUT2D eigenvalue weighted by atomic mass is 10.0. The van der Waals surface area contributed by atoms with Crippen LogP contribution in [0.5, 0.6) is 0 Å². The number of rotatable bonds is 5. The number of aromatic nitrogens is 2. The van der Waals surface area contributed by atoms with Gasteiger partial charge in [0.05, 0.1) is 5.75 Å². The van der Waals surface area contributed by atoms with E-state index in [1.807, 2.05) is 44.2 Å².